The molecule has 0 amide bonds. The van der Waals surface area contributed by atoms with Gasteiger partial charge in [0.1, 0.15) is 11.5 Å². The van der Waals surface area contributed by atoms with Crippen LogP contribution in [-0.2, 0) is 23.1 Å². The zero-order valence-electron chi connectivity index (χ0n) is 24.2. The highest BCUT2D eigenvalue weighted by atomic mass is 32.2. The third kappa shape index (κ3) is 4.88. The van der Waals surface area contributed by atoms with Gasteiger partial charge in [-0.25, -0.2) is 0 Å². The molecule has 3 aliphatic heterocycles. The van der Waals surface area contributed by atoms with E-state index in [0.717, 1.165) is 55.7 Å². The first kappa shape index (κ1) is 27.2. The molecule has 2 fully saturated rings. The van der Waals surface area contributed by atoms with Crippen molar-refractivity contribution in [2.24, 2.45) is 0 Å². The van der Waals surface area contributed by atoms with Gasteiger partial charge in [-0.1, -0.05) is 48.0 Å². The van der Waals surface area contributed by atoms with Crippen molar-refractivity contribution >= 4 is 26.6 Å². The van der Waals surface area contributed by atoms with Crippen molar-refractivity contribution in [3.63, 3.8) is 0 Å². The normalized spacial score (nSPS) is 18.2. The second kappa shape index (κ2) is 10.5. The van der Waals surface area contributed by atoms with Gasteiger partial charge >= 0.3 is 16.1 Å². The number of rotatable bonds is 7. The molecule has 3 aromatic carbocycles. The Morgan fingerprint density at radius 1 is 0.905 bits per heavy atom. The van der Waals surface area contributed by atoms with Gasteiger partial charge in [-0.2, -0.15) is 18.4 Å². The predicted molar refractivity (Wildman–Crippen MR) is 163 cm³/mol. The fraction of sp³-hybridized carbons (Fsp3) is 0.394. The molecule has 7 rings (SSSR count). The Morgan fingerprint density at radius 2 is 1.64 bits per heavy atom. The third-order valence-corrected chi connectivity index (χ3v) is 10.4. The maximum absolute atomic E-state index is 13.4. The second-order valence-corrected chi connectivity index (χ2v) is 13.5. The Labute approximate surface area is 247 Å². The van der Waals surface area contributed by atoms with Crippen molar-refractivity contribution in [1.29, 1.82) is 0 Å². The second-order valence-electron chi connectivity index (χ2n) is 11.9. The number of aromatic nitrogens is 2. The fourth-order valence-corrected chi connectivity index (χ4v) is 7.91. The molecule has 4 aromatic rings. The predicted octanol–water partition coefficient (Wildman–Crippen LogP) is 5.58. The molecular formula is C33H36N4O4S. The maximum Gasteiger partial charge on any atom is 0.340 e. The van der Waals surface area contributed by atoms with E-state index in [1.54, 1.807) is 24.3 Å². The van der Waals surface area contributed by atoms with Gasteiger partial charge in [0.2, 0.25) is 5.88 Å². The minimum atomic E-state index is -4.09. The van der Waals surface area contributed by atoms with E-state index in [0.29, 0.717) is 31.7 Å². The van der Waals surface area contributed by atoms with Gasteiger partial charge in [0.15, 0.2) is 0 Å². The van der Waals surface area contributed by atoms with Crippen LogP contribution in [0.25, 0.3) is 10.8 Å². The summed E-state index contributed by atoms with van der Waals surface area (Å²) in [5.74, 6) is 0.0662. The highest BCUT2D eigenvalue weighted by Gasteiger charge is 2.45. The molecule has 0 atom stereocenters. The van der Waals surface area contributed by atoms with Crippen LogP contribution in [0.3, 0.4) is 0 Å². The lowest BCUT2D eigenvalue weighted by Gasteiger charge is -2.33. The lowest BCUT2D eigenvalue weighted by Crippen LogP contribution is -2.43. The first-order chi connectivity index (χ1) is 20.3. The van der Waals surface area contributed by atoms with Crippen LogP contribution in [0.2, 0.25) is 0 Å². The number of hydrogen-bond acceptors (Lipinski definition) is 8. The molecule has 4 heterocycles. The van der Waals surface area contributed by atoms with E-state index < -0.39 is 10.1 Å². The van der Waals surface area contributed by atoms with Crippen LogP contribution < -0.4 is 13.8 Å². The summed E-state index contributed by atoms with van der Waals surface area (Å²) in [5.41, 5.74) is 4.79. The van der Waals surface area contributed by atoms with Gasteiger partial charge in [0, 0.05) is 23.2 Å². The van der Waals surface area contributed by atoms with Crippen LogP contribution in [0.1, 0.15) is 48.1 Å². The molecule has 0 unspecified atom stereocenters. The van der Waals surface area contributed by atoms with Gasteiger partial charge in [0.25, 0.3) is 0 Å². The number of anilines is 1. The molecular weight excluding hydrogens is 548 g/mol. The monoisotopic (exact) mass is 584 g/mol. The summed E-state index contributed by atoms with van der Waals surface area (Å²) >= 11 is 0. The average Bonchev–Trinajstić information content (AvgIpc) is 3.56. The minimum Gasteiger partial charge on any atom is -0.461 e. The molecule has 0 aliphatic carbocycles. The van der Waals surface area contributed by atoms with E-state index in [1.165, 1.54) is 16.3 Å². The first-order valence-electron chi connectivity index (χ1n) is 14.8. The molecule has 0 spiro atoms. The summed E-state index contributed by atoms with van der Waals surface area (Å²) in [5, 5.41) is 2.41. The smallest absolute Gasteiger partial charge is 0.340 e. The lowest BCUT2D eigenvalue weighted by atomic mass is 9.95. The summed E-state index contributed by atoms with van der Waals surface area (Å²) in [6, 6.07) is 19.5. The zero-order chi connectivity index (χ0) is 28.9. The van der Waals surface area contributed by atoms with Crippen LogP contribution in [-0.4, -0.2) is 55.1 Å². The van der Waals surface area contributed by atoms with Crippen LogP contribution in [0, 0.1) is 13.8 Å². The van der Waals surface area contributed by atoms with Gasteiger partial charge in [-0.05, 0) is 88.2 Å². The number of aryl methyl sites for hydroxylation is 2. The van der Waals surface area contributed by atoms with E-state index in [-0.39, 0.29) is 22.3 Å². The SMILES string of the molecule is Cc1ccc(S(=O)(=O)Oc2nc(OCC34CCCN3CCC4)nc3c2CCN(c2cccc4cccc(C)c24)C3)cc1. The third-order valence-electron chi connectivity index (χ3n) is 9.22. The van der Waals surface area contributed by atoms with Crippen molar-refractivity contribution in [3.8, 4) is 11.9 Å². The Hall–Kier alpha value is -3.69. The quantitative estimate of drug-likeness (QED) is 0.260. The molecule has 8 nitrogen and oxygen atoms in total. The molecule has 42 heavy (non-hydrogen) atoms. The Bertz CT molecular complexity index is 1740. The number of nitrogens with zero attached hydrogens (tertiary/aromatic N) is 4. The van der Waals surface area contributed by atoms with Crippen molar-refractivity contribution in [2.45, 2.75) is 62.9 Å². The van der Waals surface area contributed by atoms with E-state index >= 15 is 0 Å². The largest absolute Gasteiger partial charge is 0.461 e. The van der Waals surface area contributed by atoms with Crippen LogP contribution in [0.5, 0.6) is 11.9 Å². The van der Waals surface area contributed by atoms with Crippen molar-refractivity contribution in [3.05, 3.63) is 83.0 Å². The van der Waals surface area contributed by atoms with Crippen LogP contribution >= 0.6 is 0 Å². The van der Waals surface area contributed by atoms with Gasteiger partial charge < -0.3 is 13.8 Å². The Balaban J connectivity index is 1.25. The van der Waals surface area contributed by atoms with E-state index in [9.17, 15) is 8.42 Å². The minimum absolute atomic E-state index is 0.0147. The Morgan fingerprint density at radius 3 is 2.40 bits per heavy atom. The van der Waals surface area contributed by atoms with Crippen molar-refractivity contribution < 1.29 is 17.3 Å². The fourth-order valence-electron chi connectivity index (χ4n) is 7.00. The maximum atomic E-state index is 13.4. The van der Waals surface area contributed by atoms with Gasteiger partial charge in [-0.15, -0.1) is 0 Å². The molecule has 0 bridgehead atoms. The molecule has 2 saturated heterocycles. The van der Waals surface area contributed by atoms with E-state index in [4.69, 9.17) is 13.9 Å². The van der Waals surface area contributed by atoms with Crippen molar-refractivity contribution in [2.75, 3.05) is 31.1 Å². The summed E-state index contributed by atoms with van der Waals surface area (Å²) in [6.45, 7) is 7.91. The molecule has 0 radical (unpaired) electrons. The van der Waals surface area contributed by atoms with Crippen molar-refractivity contribution in [1.82, 2.24) is 14.9 Å². The molecule has 9 heteroatoms. The number of fused-ring (bicyclic) bond motifs is 3. The summed E-state index contributed by atoms with van der Waals surface area (Å²) in [6.07, 6.45) is 5.07. The average molecular weight is 585 g/mol. The highest BCUT2D eigenvalue weighted by molar-refractivity contribution is 7.87. The first-order valence-corrected chi connectivity index (χ1v) is 16.2. The van der Waals surface area contributed by atoms with Gasteiger partial charge in [-0.3, -0.25) is 4.90 Å². The number of benzene rings is 3. The molecule has 1 aromatic heterocycles. The summed E-state index contributed by atoms with van der Waals surface area (Å²) in [7, 11) is -4.09. The highest BCUT2D eigenvalue weighted by Crippen LogP contribution is 2.40. The molecule has 0 N–H and O–H groups in total. The topological polar surface area (TPSA) is 84.9 Å². The lowest BCUT2D eigenvalue weighted by molar-refractivity contribution is 0.107. The van der Waals surface area contributed by atoms with Crippen LogP contribution in [0.15, 0.2) is 65.6 Å². The summed E-state index contributed by atoms with van der Waals surface area (Å²) < 4.78 is 38.8. The Kier molecular flexibility index (Phi) is 6.82. The standard InChI is InChI=1S/C33H36N4O4S/c1-23-11-13-26(14-12-23)42(38,39)41-31-27-15-20-36(29-10-4-9-25-8-3-7-24(2)30(25)29)21-28(27)34-32(35-31)40-22-33-16-5-18-37(33)19-6-17-33/h3-4,7-14H,5-6,15-22H2,1-2H3. The van der Waals surface area contributed by atoms with E-state index in [1.807, 2.05) is 6.92 Å². The zero-order valence-corrected chi connectivity index (χ0v) is 25.0. The molecule has 218 valence electrons. The van der Waals surface area contributed by atoms with Crippen LogP contribution in [0.4, 0.5) is 5.69 Å². The van der Waals surface area contributed by atoms with E-state index in [2.05, 4.69) is 58.1 Å². The van der Waals surface area contributed by atoms with Gasteiger partial charge in [0.05, 0.1) is 17.8 Å². The number of hydrogen-bond donors (Lipinski definition) is 0. The summed E-state index contributed by atoms with van der Waals surface area (Å²) in [4.78, 5) is 14.4. The molecule has 0 saturated carbocycles. The number of ether oxygens (including phenoxy) is 1. The molecule has 3 aliphatic rings.